The zero-order chi connectivity index (χ0) is 16.4. The first-order valence-corrected chi connectivity index (χ1v) is 12.0. The van der Waals surface area contributed by atoms with Gasteiger partial charge >= 0.3 is 143 Å². The second kappa shape index (κ2) is 6.86. The number of hydrogen-bond donors (Lipinski definition) is 0. The normalized spacial score (nSPS) is 11.3. The van der Waals surface area contributed by atoms with Crippen LogP contribution >= 0.6 is 11.3 Å². The minimum absolute atomic E-state index is 0.105. The first kappa shape index (κ1) is 16.2. The molecule has 0 amide bonds. The summed E-state index contributed by atoms with van der Waals surface area (Å²) in [6.45, 7) is 4.43. The Balaban J connectivity index is 2.07. The summed E-state index contributed by atoms with van der Waals surface area (Å²) in [5.41, 5.74) is 0.129. The van der Waals surface area contributed by atoms with Crippen LogP contribution in [0.4, 0.5) is 0 Å². The number of ketones is 1. The molecule has 3 aromatic rings. The third kappa shape index (κ3) is 3.19. The molecule has 0 bridgehead atoms. The van der Waals surface area contributed by atoms with Crippen LogP contribution in [0.15, 0.2) is 51.0 Å². The van der Waals surface area contributed by atoms with E-state index >= 15 is 0 Å². The van der Waals surface area contributed by atoms with Crippen molar-refractivity contribution in [3.05, 3.63) is 62.6 Å². The van der Waals surface area contributed by atoms with Crippen LogP contribution in [0.2, 0.25) is 10.4 Å². The van der Waals surface area contributed by atoms with E-state index in [1.807, 2.05) is 17.5 Å². The van der Waals surface area contributed by atoms with E-state index in [2.05, 4.69) is 19.9 Å². The van der Waals surface area contributed by atoms with Gasteiger partial charge in [-0.2, -0.15) is 0 Å². The van der Waals surface area contributed by atoms with Crippen molar-refractivity contribution in [3.63, 3.8) is 0 Å². The molecule has 1 aromatic carbocycles. The van der Waals surface area contributed by atoms with Crippen molar-refractivity contribution in [1.29, 1.82) is 0 Å². The molecule has 23 heavy (non-hydrogen) atoms. The van der Waals surface area contributed by atoms with Gasteiger partial charge in [-0.15, -0.1) is 0 Å². The van der Waals surface area contributed by atoms with E-state index in [-0.39, 0.29) is 11.3 Å². The molecule has 2 heterocycles. The maximum atomic E-state index is 12.4. The summed E-state index contributed by atoms with van der Waals surface area (Å²) >= 11 is 0.283. The SMILES string of the molecule is CC[As](CC)c1ccc2cc(C(=O)c3cccs3)c(=O)oc2c1. The average Bonchev–Trinajstić information content (AvgIpc) is 3.09. The van der Waals surface area contributed by atoms with Crippen LogP contribution in [0, 0.1) is 0 Å². The quantitative estimate of drug-likeness (QED) is 0.379. The van der Waals surface area contributed by atoms with Crippen LogP contribution in [-0.4, -0.2) is 20.4 Å². The fraction of sp³-hybridized carbons (Fsp3) is 0.222. The molecule has 0 radical (unpaired) electrons. The van der Waals surface area contributed by atoms with Crippen LogP contribution < -0.4 is 9.98 Å². The molecule has 0 aliphatic heterocycles. The van der Waals surface area contributed by atoms with Gasteiger partial charge in [0.05, 0.1) is 0 Å². The molecule has 0 spiro atoms. The third-order valence-corrected chi connectivity index (χ3v) is 10.0. The molecule has 3 rings (SSSR count). The second-order valence-electron chi connectivity index (χ2n) is 5.15. The molecule has 0 fully saturated rings. The Morgan fingerprint density at radius 1 is 1.17 bits per heavy atom. The number of thiophene rings is 1. The van der Waals surface area contributed by atoms with E-state index in [0.29, 0.717) is 10.5 Å². The summed E-state index contributed by atoms with van der Waals surface area (Å²) in [6, 6.07) is 11.2. The van der Waals surface area contributed by atoms with E-state index in [4.69, 9.17) is 4.42 Å². The molecule has 0 aliphatic carbocycles. The minimum atomic E-state index is -1.05. The zero-order valence-corrected chi connectivity index (χ0v) is 15.7. The van der Waals surface area contributed by atoms with E-state index in [0.717, 1.165) is 5.39 Å². The van der Waals surface area contributed by atoms with Crippen molar-refractivity contribution in [2.24, 2.45) is 0 Å². The molecule has 0 N–H and O–H groups in total. The predicted molar refractivity (Wildman–Crippen MR) is 96.6 cm³/mol. The standard InChI is InChI=1S/C18H17AsO3S/c1-3-19(4-2)13-8-7-12-10-14(18(21)22-15(12)11-13)17(20)16-6-5-9-23-16/h5-11H,3-4H2,1-2H3. The van der Waals surface area contributed by atoms with Gasteiger partial charge in [0.15, 0.2) is 0 Å². The third-order valence-electron chi connectivity index (χ3n) is 3.84. The van der Waals surface area contributed by atoms with Gasteiger partial charge in [0.2, 0.25) is 0 Å². The van der Waals surface area contributed by atoms with Crippen molar-refractivity contribution >= 4 is 47.1 Å². The summed E-state index contributed by atoms with van der Waals surface area (Å²) in [6.07, 6.45) is 0. The van der Waals surface area contributed by atoms with Crippen molar-refractivity contribution in [3.8, 4) is 0 Å². The Labute approximate surface area is 143 Å². The number of fused-ring (bicyclic) bond motifs is 1. The van der Waals surface area contributed by atoms with E-state index in [1.165, 1.54) is 26.1 Å². The number of rotatable bonds is 5. The van der Waals surface area contributed by atoms with Crippen LogP contribution in [0.3, 0.4) is 0 Å². The first-order valence-electron chi connectivity index (χ1n) is 7.55. The van der Waals surface area contributed by atoms with Gasteiger partial charge in [-0.1, -0.05) is 0 Å². The number of carbonyl (C=O) groups excluding carboxylic acids is 1. The van der Waals surface area contributed by atoms with Gasteiger partial charge in [-0.05, 0) is 0 Å². The molecule has 5 heteroatoms. The van der Waals surface area contributed by atoms with E-state index < -0.39 is 20.3 Å². The molecule has 0 aliphatic rings. The van der Waals surface area contributed by atoms with Gasteiger partial charge in [0.1, 0.15) is 0 Å². The van der Waals surface area contributed by atoms with Crippen LogP contribution in [0.5, 0.6) is 0 Å². The number of hydrogen-bond acceptors (Lipinski definition) is 4. The molecular weight excluding hydrogens is 371 g/mol. The molecule has 118 valence electrons. The first-order chi connectivity index (χ1) is 11.1. The van der Waals surface area contributed by atoms with Crippen LogP contribution in [-0.2, 0) is 0 Å². The second-order valence-corrected chi connectivity index (χ2v) is 12.1. The maximum absolute atomic E-state index is 12.4. The van der Waals surface area contributed by atoms with Gasteiger partial charge in [0, 0.05) is 0 Å². The van der Waals surface area contributed by atoms with Crippen LogP contribution in [0.25, 0.3) is 11.0 Å². The summed E-state index contributed by atoms with van der Waals surface area (Å²) in [5.74, 6) is -0.269. The van der Waals surface area contributed by atoms with Gasteiger partial charge in [-0.3, -0.25) is 0 Å². The molecule has 0 saturated carbocycles. The summed E-state index contributed by atoms with van der Waals surface area (Å²) in [4.78, 5) is 25.2. The van der Waals surface area contributed by atoms with Crippen molar-refractivity contribution < 1.29 is 9.21 Å². The fourth-order valence-corrected chi connectivity index (χ4v) is 6.96. The van der Waals surface area contributed by atoms with E-state index in [1.54, 1.807) is 18.2 Å². The molecule has 2 aromatic heterocycles. The summed E-state index contributed by atoms with van der Waals surface area (Å²) in [7, 11) is 0. The summed E-state index contributed by atoms with van der Waals surface area (Å²) in [5, 5.41) is 5.00. The zero-order valence-electron chi connectivity index (χ0n) is 13.0. The molecule has 0 unspecified atom stereocenters. The van der Waals surface area contributed by atoms with Gasteiger partial charge in [0.25, 0.3) is 0 Å². The van der Waals surface area contributed by atoms with Crippen molar-refractivity contribution in [2.75, 3.05) is 0 Å². The number of carbonyl (C=O) groups is 1. The number of benzene rings is 1. The molecule has 0 atom stereocenters. The Hall–Kier alpha value is -1.64. The van der Waals surface area contributed by atoms with Gasteiger partial charge in [-0.25, -0.2) is 0 Å². The van der Waals surface area contributed by atoms with E-state index in [9.17, 15) is 9.59 Å². The monoisotopic (exact) mass is 388 g/mol. The predicted octanol–water partition coefficient (Wildman–Crippen LogP) is 3.83. The Morgan fingerprint density at radius 3 is 2.61 bits per heavy atom. The van der Waals surface area contributed by atoms with Crippen molar-refractivity contribution in [1.82, 2.24) is 0 Å². The Bertz CT molecular complexity index is 892. The fourth-order valence-electron chi connectivity index (χ4n) is 2.58. The van der Waals surface area contributed by atoms with Crippen LogP contribution in [0.1, 0.15) is 29.1 Å². The Morgan fingerprint density at radius 2 is 1.96 bits per heavy atom. The summed E-state index contributed by atoms with van der Waals surface area (Å²) < 4.78 is 6.76. The van der Waals surface area contributed by atoms with Gasteiger partial charge < -0.3 is 0 Å². The topological polar surface area (TPSA) is 47.3 Å². The van der Waals surface area contributed by atoms with Crippen molar-refractivity contribution in [2.45, 2.75) is 24.3 Å². The average molecular weight is 388 g/mol. The Kier molecular flexibility index (Phi) is 4.84. The molecule has 0 saturated heterocycles. The molecule has 3 nitrogen and oxygen atoms in total. The molecular formula is C18H17AsO3S.